The van der Waals surface area contributed by atoms with Crippen LogP contribution in [0.25, 0.3) is 10.2 Å². The molecule has 0 saturated carbocycles. The molecule has 2 aromatic carbocycles. The first kappa shape index (κ1) is 12.5. The van der Waals surface area contributed by atoms with Gasteiger partial charge < -0.3 is 0 Å². The third-order valence-electron chi connectivity index (χ3n) is 3.59. The lowest BCUT2D eigenvalue weighted by molar-refractivity contribution is 0.627. The van der Waals surface area contributed by atoms with E-state index in [1.807, 2.05) is 30.3 Å². The fourth-order valence-electron chi connectivity index (χ4n) is 2.57. The number of fused-ring (bicyclic) bond motifs is 2. The number of nitrogens with one attached hydrogen (secondary N) is 1. The average molecular weight is 297 g/mol. The number of para-hydroxylation sites is 1. The molecule has 1 aromatic heterocycles. The summed E-state index contributed by atoms with van der Waals surface area (Å²) < 4.78 is 14.5. The second-order valence-electron chi connectivity index (χ2n) is 4.96. The van der Waals surface area contributed by atoms with Gasteiger partial charge in [-0.1, -0.05) is 29.5 Å². The fourth-order valence-corrected chi connectivity index (χ4v) is 3.38. The number of anilines is 1. The zero-order chi connectivity index (χ0) is 14.2. The molecule has 0 spiro atoms. The number of hydrogen-bond donors (Lipinski definition) is 1. The summed E-state index contributed by atoms with van der Waals surface area (Å²) in [4.78, 5) is 4.47. The van der Waals surface area contributed by atoms with Crippen LogP contribution in [0.2, 0.25) is 0 Å². The molecule has 104 valence electrons. The third kappa shape index (κ3) is 2.29. The zero-order valence-corrected chi connectivity index (χ0v) is 12.0. The van der Waals surface area contributed by atoms with Gasteiger partial charge in [-0.3, -0.25) is 5.43 Å². The largest absolute Gasteiger partial charge is 0.252 e. The molecule has 1 aliphatic rings. The van der Waals surface area contributed by atoms with E-state index in [9.17, 15) is 4.39 Å². The van der Waals surface area contributed by atoms with Crippen LogP contribution in [0.15, 0.2) is 47.6 Å². The highest BCUT2D eigenvalue weighted by Crippen LogP contribution is 2.27. The maximum atomic E-state index is 13.4. The van der Waals surface area contributed by atoms with Crippen molar-refractivity contribution in [1.29, 1.82) is 0 Å². The van der Waals surface area contributed by atoms with Crippen molar-refractivity contribution in [3.05, 3.63) is 59.4 Å². The molecule has 1 N–H and O–H groups in total. The Morgan fingerprint density at radius 2 is 2.05 bits per heavy atom. The molecule has 0 fully saturated rings. The first-order valence-corrected chi connectivity index (χ1v) is 7.58. The van der Waals surface area contributed by atoms with Crippen LogP contribution in [0.5, 0.6) is 0 Å². The Hall–Kier alpha value is -2.27. The van der Waals surface area contributed by atoms with Crippen molar-refractivity contribution in [2.24, 2.45) is 5.10 Å². The molecule has 4 rings (SSSR count). The van der Waals surface area contributed by atoms with Gasteiger partial charge in [-0.15, -0.1) is 0 Å². The van der Waals surface area contributed by atoms with Gasteiger partial charge in [0.1, 0.15) is 5.82 Å². The summed E-state index contributed by atoms with van der Waals surface area (Å²) >= 11 is 1.56. The normalized spacial score (nSPS) is 15.6. The molecule has 1 heterocycles. The standard InChI is InChI=1S/C16H12FN3S/c17-11-7-5-10-6-8-13(12(10)9-11)19-20-16-18-14-3-1-2-4-15(14)21-16/h1-5,7,9H,6,8H2,(H,18,20)/b19-13-. The summed E-state index contributed by atoms with van der Waals surface area (Å²) in [5.41, 5.74) is 6.92. The second kappa shape index (κ2) is 4.93. The molecule has 0 amide bonds. The first-order valence-electron chi connectivity index (χ1n) is 6.76. The van der Waals surface area contributed by atoms with Gasteiger partial charge in [-0.05, 0) is 42.7 Å². The predicted molar refractivity (Wildman–Crippen MR) is 84.5 cm³/mol. The van der Waals surface area contributed by atoms with Crippen molar-refractivity contribution in [3.8, 4) is 0 Å². The van der Waals surface area contributed by atoms with E-state index in [2.05, 4.69) is 15.5 Å². The van der Waals surface area contributed by atoms with Crippen molar-refractivity contribution < 1.29 is 4.39 Å². The van der Waals surface area contributed by atoms with E-state index in [1.165, 1.54) is 6.07 Å². The Morgan fingerprint density at radius 1 is 1.14 bits per heavy atom. The van der Waals surface area contributed by atoms with Crippen LogP contribution < -0.4 is 5.43 Å². The van der Waals surface area contributed by atoms with E-state index in [-0.39, 0.29) is 5.82 Å². The molecule has 3 aromatic rings. The Labute approximate surface area is 125 Å². The van der Waals surface area contributed by atoms with Crippen LogP contribution in [-0.4, -0.2) is 10.7 Å². The molecule has 5 heteroatoms. The van der Waals surface area contributed by atoms with Crippen LogP contribution >= 0.6 is 11.3 Å². The summed E-state index contributed by atoms with van der Waals surface area (Å²) in [6.07, 6.45) is 1.74. The van der Waals surface area contributed by atoms with Crippen molar-refractivity contribution in [2.75, 3.05) is 5.43 Å². The summed E-state index contributed by atoms with van der Waals surface area (Å²) in [6.45, 7) is 0. The molecule has 0 unspecified atom stereocenters. The number of aromatic nitrogens is 1. The van der Waals surface area contributed by atoms with E-state index >= 15 is 0 Å². The number of thiazole rings is 1. The smallest absolute Gasteiger partial charge is 0.204 e. The van der Waals surface area contributed by atoms with Gasteiger partial charge in [0.15, 0.2) is 0 Å². The van der Waals surface area contributed by atoms with Crippen molar-refractivity contribution in [3.63, 3.8) is 0 Å². The fraction of sp³-hybridized carbons (Fsp3) is 0.125. The van der Waals surface area contributed by atoms with Gasteiger partial charge in [-0.25, -0.2) is 9.37 Å². The van der Waals surface area contributed by atoms with Gasteiger partial charge in [0.25, 0.3) is 0 Å². The van der Waals surface area contributed by atoms with Crippen LogP contribution in [0.3, 0.4) is 0 Å². The second-order valence-corrected chi connectivity index (χ2v) is 5.99. The van der Waals surface area contributed by atoms with Crippen LogP contribution in [0.4, 0.5) is 9.52 Å². The van der Waals surface area contributed by atoms with Crippen molar-refractivity contribution in [2.45, 2.75) is 12.8 Å². The Kier molecular flexibility index (Phi) is 2.93. The predicted octanol–water partition coefficient (Wildman–Crippen LogP) is 4.20. The lowest BCUT2D eigenvalue weighted by Crippen LogP contribution is -2.00. The molecule has 21 heavy (non-hydrogen) atoms. The maximum Gasteiger partial charge on any atom is 0.204 e. The van der Waals surface area contributed by atoms with Gasteiger partial charge in [0, 0.05) is 5.56 Å². The number of aryl methyl sites for hydroxylation is 1. The highest BCUT2D eigenvalue weighted by Gasteiger charge is 2.18. The quantitative estimate of drug-likeness (QED) is 0.720. The lowest BCUT2D eigenvalue weighted by atomic mass is 10.1. The number of nitrogens with zero attached hydrogens (tertiary/aromatic N) is 2. The Bertz CT molecular complexity index is 821. The summed E-state index contributed by atoms with van der Waals surface area (Å²) in [5, 5.41) is 5.18. The molecular weight excluding hydrogens is 285 g/mol. The number of benzene rings is 2. The van der Waals surface area contributed by atoms with Crippen LogP contribution in [0.1, 0.15) is 17.5 Å². The zero-order valence-electron chi connectivity index (χ0n) is 11.1. The number of rotatable bonds is 2. The highest BCUT2D eigenvalue weighted by molar-refractivity contribution is 7.22. The third-order valence-corrected chi connectivity index (χ3v) is 4.54. The van der Waals surface area contributed by atoms with E-state index in [4.69, 9.17) is 0 Å². The number of hydrazone groups is 1. The van der Waals surface area contributed by atoms with Crippen LogP contribution in [-0.2, 0) is 6.42 Å². The average Bonchev–Trinajstić information content (AvgIpc) is 3.07. The monoisotopic (exact) mass is 297 g/mol. The molecule has 0 radical (unpaired) electrons. The maximum absolute atomic E-state index is 13.4. The molecular formula is C16H12FN3S. The summed E-state index contributed by atoms with van der Waals surface area (Å²) in [6, 6.07) is 12.9. The van der Waals surface area contributed by atoms with Crippen molar-refractivity contribution in [1.82, 2.24) is 4.98 Å². The molecule has 0 saturated heterocycles. The minimum absolute atomic E-state index is 0.219. The van der Waals surface area contributed by atoms with E-state index in [1.54, 1.807) is 17.4 Å². The minimum Gasteiger partial charge on any atom is -0.252 e. The molecule has 0 aliphatic heterocycles. The number of halogens is 1. The summed E-state index contributed by atoms with van der Waals surface area (Å²) in [7, 11) is 0. The molecule has 0 atom stereocenters. The van der Waals surface area contributed by atoms with Crippen LogP contribution in [0, 0.1) is 5.82 Å². The van der Waals surface area contributed by atoms with E-state index < -0.39 is 0 Å². The first-order chi connectivity index (χ1) is 10.3. The SMILES string of the molecule is Fc1ccc2c(c1)/C(=N\Nc1nc3ccccc3s1)CC2. The number of hydrogen-bond acceptors (Lipinski definition) is 4. The van der Waals surface area contributed by atoms with Crippen molar-refractivity contribution >= 4 is 32.4 Å². The summed E-state index contributed by atoms with van der Waals surface area (Å²) in [5.74, 6) is -0.219. The molecule has 3 nitrogen and oxygen atoms in total. The van der Waals surface area contributed by atoms with E-state index in [0.717, 1.165) is 45.0 Å². The topological polar surface area (TPSA) is 37.3 Å². The molecule has 1 aliphatic carbocycles. The van der Waals surface area contributed by atoms with Gasteiger partial charge >= 0.3 is 0 Å². The van der Waals surface area contributed by atoms with E-state index in [0.29, 0.717) is 0 Å². The van der Waals surface area contributed by atoms with Gasteiger partial charge in [0.2, 0.25) is 5.13 Å². The van der Waals surface area contributed by atoms with Gasteiger partial charge in [-0.2, -0.15) is 5.10 Å². The van der Waals surface area contributed by atoms with Gasteiger partial charge in [0.05, 0.1) is 15.9 Å². The minimum atomic E-state index is -0.219. The highest BCUT2D eigenvalue weighted by atomic mass is 32.1. The Balaban J connectivity index is 1.63. The Morgan fingerprint density at radius 3 is 2.95 bits per heavy atom. The molecule has 0 bridgehead atoms. The lowest BCUT2D eigenvalue weighted by Gasteiger charge is -2.00.